The quantitative estimate of drug-likeness (QED) is 0.866. The first-order valence-electron chi connectivity index (χ1n) is 5.73. The van der Waals surface area contributed by atoms with Gasteiger partial charge in [0.05, 0.1) is 17.2 Å². The van der Waals surface area contributed by atoms with Crippen molar-refractivity contribution in [3.63, 3.8) is 0 Å². The number of aryl methyl sites for hydroxylation is 1. The van der Waals surface area contributed by atoms with Gasteiger partial charge in [-0.25, -0.2) is 18.6 Å². The molecule has 0 atom stereocenters. The van der Waals surface area contributed by atoms with Crippen LogP contribution in [0.3, 0.4) is 0 Å². The van der Waals surface area contributed by atoms with E-state index >= 15 is 0 Å². The third-order valence-corrected chi connectivity index (χ3v) is 3.36. The van der Waals surface area contributed by atoms with Gasteiger partial charge in [-0.1, -0.05) is 6.92 Å². The molecule has 0 spiro atoms. The minimum Gasteiger partial charge on any atom is -0.338 e. The van der Waals surface area contributed by atoms with Crippen LogP contribution in [0.5, 0.6) is 0 Å². The predicted molar refractivity (Wildman–Crippen MR) is 67.2 cm³/mol. The average Bonchev–Trinajstić information content (AvgIpc) is 2.76. The van der Waals surface area contributed by atoms with E-state index in [4.69, 9.17) is 0 Å². The Bertz CT molecular complexity index is 384. The Kier molecular flexibility index (Phi) is 5.97. The van der Waals surface area contributed by atoms with E-state index in [2.05, 4.69) is 10.3 Å². The number of alkyl halides is 2. The number of halogens is 2. The van der Waals surface area contributed by atoms with E-state index in [9.17, 15) is 13.6 Å². The van der Waals surface area contributed by atoms with E-state index in [0.717, 1.165) is 22.0 Å². The zero-order chi connectivity index (χ0) is 13.5. The van der Waals surface area contributed by atoms with Crippen molar-refractivity contribution in [2.75, 3.05) is 20.1 Å². The lowest BCUT2D eigenvalue weighted by Gasteiger charge is -2.16. The third kappa shape index (κ3) is 4.95. The molecule has 1 heterocycles. The Morgan fingerprint density at radius 1 is 1.61 bits per heavy atom. The Hall–Kier alpha value is -1.24. The van der Waals surface area contributed by atoms with Crippen molar-refractivity contribution in [2.24, 2.45) is 0 Å². The summed E-state index contributed by atoms with van der Waals surface area (Å²) in [6.07, 6.45) is -0.995. The fourth-order valence-electron chi connectivity index (χ4n) is 1.35. The fraction of sp³-hybridized carbons (Fsp3) is 0.636. The molecule has 0 aromatic carbocycles. The molecule has 0 fully saturated rings. The van der Waals surface area contributed by atoms with Crippen LogP contribution in [0.4, 0.5) is 13.6 Å². The van der Waals surface area contributed by atoms with Crippen LogP contribution in [-0.4, -0.2) is 42.5 Å². The van der Waals surface area contributed by atoms with Crippen LogP contribution in [0.25, 0.3) is 0 Å². The van der Waals surface area contributed by atoms with E-state index in [1.54, 1.807) is 11.3 Å². The number of nitrogens with one attached hydrogen (secondary N) is 1. The van der Waals surface area contributed by atoms with E-state index in [1.165, 1.54) is 7.05 Å². The first-order chi connectivity index (χ1) is 8.52. The van der Waals surface area contributed by atoms with Gasteiger partial charge < -0.3 is 10.2 Å². The van der Waals surface area contributed by atoms with Gasteiger partial charge in [0.15, 0.2) is 0 Å². The average molecular weight is 277 g/mol. The number of carbonyl (C=O) groups is 1. The smallest absolute Gasteiger partial charge is 0.317 e. The highest BCUT2D eigenvalue weighted by Crippen LogP contribution is 2.10. The molecular formula is C11H17F2N3OS. The van der Waals surface area contributed by atoms with E-state index in [0.29, 0.717) is 13.0 Å². The molecule has 2 amide bonds. The summed E-state index contributed by atoms with van der Waals surface area (Å²) in [5.41, 5.74) is 0.925. The number of aromatic nitrogens is 1. The van der Waals surface area contributed by atoms with Gasteiger partial charge in [-0.05, 0) is 6.42 Å². The van der Waals surface area contributed by atoms with E-state index in [1.807, 2.05) is 12.3 Å². The van der Waals surface area contributed by atoms with Gasteiger partial charge in [0.25, 0.3) is 6.43 Å². The van der Waals surface area contributed by atoms with Gasteiger partial charge in [0.2, 0.25) is 0 Å². The minimum absolute atomic E-state index is 0.402. The molecule has 0 bridgehead atoms. The van der Waals surface area contributed by atoms with Crippen LogP contribution >= 0.6 is 11.3 Å². The maximum absolute atomic E-state index is 12.0. The van der Waals surface area contributed by atoms with Gasteiger partial charge in [-0.15, -0.1) is 11.3 Å². The van der Waals surface area contributed by atoms with Crippen molar-refractivity contribution in [3.8, 4) is 0 Å². The number of thiazole rings is 1. The first-order valence-corrected chi connectivity index (χ1v) is 6.61. The molecule has 7 heteroatoms. The van der Waals surface area contributed by atoms with Gasteiger partial charge >= 0.3 is 6.03 Å². The van der Waals surface area contributed by atoms with E-state index in [-0.39, 0.29) is 0 Å². The summed E-state index contributed by atoms with van der Waals surface area (Å²) in [7, 11) is 1.35. The molecule has 0 saturated carbocycles. The second kappa shape index (κ2) is 7.25. The van der Waals surface area contributed by atoms with Crippen LogP contribution < -0.4 is 5.32 Å². The Balaban J connectivity index is 2.26. The van der Waals surface area contributed by atoms with Crippen LogP contribution in [-0.2, 0) is 12.8 Å². The number of hydrogen-bond donors (Lipinski definition) is 1. The highest BCUT2D eigenvalue weighted by atomic mass is 32.1. The summed E-state index contributed by atoms with van der Waals surface area (Å²) in [6, 6.07) is -0.485. The Labute approximate surface area is 109 Å². The molecule has 1 aromatic heterocycles. The third-order valence-electron chi connectivity index (χ3n) is 2.32. The fourth-order valence-corrected chi connectivity index (χ4v) is 2.13. The molecule has 1 rings (SSSR count). The van der Waals surface area contributed by atoms with Crippen LogP contribution in [0.1, 0.15) is 17.6 Å². The summed E-state index contributed by atoms with van der Waals surface area (Å²) in [6.45, 7) is 1.88. The van der Waals surface area contributed by atoms with E-state index < -0.39 is 19.0 Å². The maximum atomic E-state index is 12.0. The highest BCUT2D eigenvalue weighted by molar-refractivity contribution is 7.09. The normalized spacial score (nSPS) is 10.7. The lowest BCUT2D eigenvalue weighted by molar-refractivity contribution is 0.108. The molecule has 1 N–H and O–H groups in total. The lowest BCUT2D eigenvalue weighted by Crippen LogP contribution is -2.40. The van der Waals surface area contributed by atoms with Crippen LogP contribution in [0.2, 0.25) is 0 Å². The van der Waals surface area contributed by atoms with Crippen molar-refractivity contribution < 1.29 is 13.6 Å². The van der Waals surface area contributed by atoms with Gasteiger partial charge in [-0.3, -0.25) is 0 Å². The summed E-state index contributed by atoms with van der Waals surface area (Å²) < 4.78 is 24.1. The van der Waals surface area contributed by atoms with Crippen molar-refractivity contribution >= 4 is 17.4 Å². The SMILES string of the molecule is CCc1nc(CCNC(=O)N(C)CC(F)F)cs1. The van der Waals surface area contributed by atoms with Crippen molar-refractivity contribution in [3.05, 3.63) is 16.1 Å². The molecule has 0 aliphatic heterocycles. The largest absolute Gasteiger partial charge is 0.338 e. The van der Waals surface area contributed by atoms with Crippen LogP contribution in [0, 0.1) is 0 Å². The number of amides is 2. The Morgan fingerprint density at radius 2 is 2.33 bits per heavy atom. The lowest BCUT2D eigenvalue weighted by atomic mass is 10.3. The zero-order valence-electron chi connectivity index (χ0n) is 10.4. The molecular weight excluding hydrogens is 260 g/mol. The van der Waals surface area contributed by atoms with Crippen molar-refractivity contribution in [1.82, 2.24) is 15.2 Å². The minimum atomic E-state index is -2.51. The van der Waals surface area contributed by atoms with Crippen molar-refractivity contribution in [2.45, 2.75) is 26.2 Å². The molecule has 0 saturated heterocycles. The zero-order valence-corrected chi connectivity index (χ0v) is 11.3. The number of nitrogens with zero attached hydrogens (tertiary/aromatic N) is 2. The summed E-state index contributed by atoms with van der Waals surface area (Å²) in [4.78, 5) is 16.7. The number of carbonyl (C=O) groups excluding carboxylic acids is 1. The highest BCUT2D eigenvalue weighted by Gasteiger charge is 2.13. The molecule has 0 radical (unpaired) electrons. The molecule has 1 aromatic rings. The molecule has 18 heavy (non-hydrogen) atoms. The van der Waals surface area contributed by atoms with Crippen molar-refractivity contribution in [1.29, 1.82) is 0 Å². The predicted octanol–water partition coefficient (Wildman–Crippen LogP) is 2.15. The molecule has 0 aliphatic rings. The second-order valence-electron chi connectivity index (χ2n) is 3.84. The first kappa shape index (κ1) is 14.8. The van der Waals surface area contributed by atoms with Crippen LogP contribution in [0.15, 0.2) is 5.38 Å². The maximum Gasteiger partial charge on any atom is 0.317 e. The number of rotatable bonds is 6. The topological polar surface area (TPSA) is 45.2 Å². The molecule has 102 valence electrons. The number of urea groups is 1. The van der Waals surface area contributed by atoms with Gasteiger partial charge in [0, 0.05) is 25.4 Å². The van der Waals surface area contributed by atoms with Gasteiger partial charge in [0.1, 0.15) is 0 Å². The standard InChI is InChI=1S/C11H17F2N3OS/c1-3-10-15-8(7-18-10)4-5-14-11(17)16(2)6-9(12)13/h7,9H,3-6H2,1-2H3,(H,14,17). The monoisotopic (exact) mass is 277 g/mol. The summed E-state index contributed by atoms with van der Waals surface area (Å²) in [5.74, 6) is 0. The molecule has 4 nitrogen and oxygen atoms in total. The van der Waals surface area contributed by atoms with Gasteiger partial charge in [-0.2, -0.15) is 0 Å². The molecule has 0 aliphatic carbocycles. The Morgan fingerprint density at radius 3 is 2.89 bits per heavy atom. The second-order valence-corrected chi connectivity index (χ2v) is 4.78. The number of hydrogen-bond acceptors (Lipinski definition) is 3. The summed E-state index contributed by atoms with van der Waals surface area (Å²) >= 11 is 1.59. The molecule has 0 unspecified atom stereocenters. The summed E-state index contributed by atoms with van der Waals surface area (Å²) in [5, 5.41) is 5.60.